The zero-order valence-corrected chi connectivity index (χ0v) is 11.9. The third kappa shape index (κ3) is 3.18. The van der Waals surface area contributed by atoms with E-state index in [1.165, 1.54) is 6.33 Å². The molecular formula is C12H18N6S. The van der Waals surface area contributed by atoms with Crippen molar-refractivity contribution in [3.8, 4) is 0 Å². The van der Waals surface area contributed by atoms with Gasteiger partial charge in [0.1, 0.15) is 23.0 Å². The quantitative estimate of drug-likeness (QED) is 0.555. The van der Waals surface area contributed by atoms with Crippen molar-refractivity contribution in [3.05, 3.63) is 28.5 Å². The summed E-state index contributed by atoms with van der Waals surface area (Å²) in [6, 6.07) is 0.108. The number of anilines is 2. The van der Waals surface area contributed by atoms with Gasteiger partial charge in [0.05, 0.1) is 6.04 Å². The van der Waals surface area contributed by atoms with Crippen molar-refractivity contribution < 1.29 is 0 Å². The average Bonchev–Trinajstić information content (AvgIpc) is 2.95. The van der Waals surface area contributed by atoms with Crippen molar-refractivity contribution in [2.24, 2.45) is 5.84 Å². The Morgan fingerprint density at radius 3 is 2.74 bits per heavy atom. The zero-order valence-electron chi connectivity index (χ0n) is 11.1. The molecule has 0 aliphatic rings. The van der Waals surface area contributed by atoms with E-state index in [1.54, 1.807) is 17.5 Å². The Morgan fingerprint density at radius 2 is 2.11 bits per heavy atom. The Labute approximate surface area is 116 Å². The highest BCUT2D eigenvalue weighted by Crippen LogP contribution is 2.25. The number of hydrogen-bond donors (Lipinski definition) is 3. The highest BCUT2D eigenvalue weighted by Gasteiger charge is 2.14. The van der Waals surface area contributed by atoms with E-state index in [9.17, 15) is 0 Å². The standard InChI is InChI=1S/C12H18N6S/c1-3-4-9-10(15-7-16-11(9)18-13)17-8(2)12-14-5-6-19-12/h5-8H,3-4,13H2,1-2H3,(H2,15,16,17,18). The topological polar surface area (TPSA) is 88.8 Å². The van der Waals surface area contributed by atoms with Crippen LogP contribution in [-0.2, 0) is 6.42 Å². The lowest BCUT2D eigenvalue weighted by molar-refractivity contribution is 0.838. The van der Waals surface area contributed by atoms with Gasteiger partial charge in [-0.3, -0.25) is 0 Å². The molecule has 0 radical (unpaired) electrons. The molecule has 0 aromatic carbocycles. The van der Waals surface area contributed by atoms with E-state index in [1.807, 2.05) is 5.38 Å². The molecule has 19 heavy (non-hydrogen) atoms. The SMILES string of the molecule is CCCc1c(NN)ncnc1NC(C)c1nccs1. The van der Waals surface area contributed by atoms with Crippen LogP contribution < -0.4 is 16.6 Å². The maximum absolute atomic E-state index is 5.50. The summed E-state index contributed by atoms with van der Waals surface area (Å²) in [5, 5.41) is 6.37. The second-order valence-electron chi connectivity index (χ2n) is 4.18. The third-order valence-corrected chi connectivity index (χ3v) is 3.72. The molecule has 0 saturated carbocycles. The normalized spacial score (nSPS) is 12.2. The molecule has 0 saturated heterocycles. The van der Waals surface area contributed by atoms with Gasteiger partial charge in [0.2, 0.25) is 0 Å². The molecule has 0 fully saturated rings. The maximum Gasteiger partial charge on any atom is 0.148 e. The summed E-state index contributed by atoms with van der Waals surface area (Å²) in [4.78, 5) is 12.8. The van der Waals surface area contributed by atoms with E-state index in [-0.39, 0.29) is 6.04 Å². The highest BCUT2D eigenvalue weighted by molar-refractivity contribution is 7.09. The van der Waals surface area contributed by atoms with Crippen LogP contribution in [0.15, 0.2) is 17.9 Å². The van der Waals surface area contributed by atoms with Crippen molar-refractivity contribution in [1.29, 1.82) is 0 Å². The first-order valence-corrected chi connectivity index (χ1v) is 7.10. The Morgan fingerprint density at radius 1 is 1.32 bits per heavy atom. The molecule has 0 aliphatic heterocycles. The van der Waals surface area contributed by atoms with E-state index < -0.39 is 0 Å². The molecule has 1 atom stereocenters. The number of thiazole rings is 1. The first kappa shape index (κ1) is 13.7. The first-order chi connectivity index (χ1) is 9.26. The van der Waals surface area contributed by atoms with Crippen molar-refractivity contribution in [2.45, 2.75) is 32.7 Å². The van der Waals surface area contributed by atoms with Crippen LogP contribution in [0.25, 0.3) is 0 Å². The molecule has 0 bridgehead atoms. The van der Waals surface area contributed by atoms with Crippen molar-refractivity contribution in [3.63, 3.8) is 0 Å². The van der Waals surface area contributed by atoms with Crippen LogP contribution in [0.1, 0.15) is 36.9 Å². The highest BCUT2D eigenvalue weighted by atomic mass is 32.1. The molecule has 102 valence electrons. The largest absolute Gasteiger partial charge is 0.361 e. The van der Waals surface area contributed by atoms with Gasteiger partial charge in [-0.1, -0.05) is 13.3 Å². The van der Waals surface area contributed by atoms with Crippen LogP contribution >= 0.6 is 11.3 Å². The van der Waals surface area contributed by atoms with Gasteiger partial charge < -0.3 is 10.7 Å². The monoisotopic (exact) mass is 278 g/mol. The minimum Gasteiger partial charge on any atom is -0.361 e. The van der Waals surface area contributed by atoms with Crippen LogP contribution in [0.4, 0.5) is 11.6 Å². The summed E-state index contributed by atoms with van der Waals surface area (Å²) in [5.74, 6) is 6.98. The Balaban J connectivity index is 2.24. The molecule has 2 rings (SSSR count). The molecule has 0 spiro atoms. The molecule has 2 aromatic rings. The average molecular weight is 278 g/mol. The summed E-state index contributed by atoms with van der Waals surface area (Å²) >= 11 is 1.62. The summed E-state index contributed by atoms with van der Waals surface area (Å²) in [7, 11) is 0. The molecule has 0 aliphatic carbocycles. The fraction of sp³-hybridized carbons (Fsp3) is 0.417. The summed E-state index contributed by atoms with van der Waals surface area (Å²) in [6.45, 7) is 4.17. The van der Waals surface area contributed by atoms with Crippen LogP contribution in [0, 0.1) is 0 Å². The lowest BCUT2D eigenvalue weighted by Gasteiger charge is -2.16. The lowest BCUT2D eigenvalue weighted by Crippen LogP contribution is -2.15. The molecular weight excluding hydrogens is 260 g/mol. The Bertz CT molecular complexity index is 513. The second kappa shape index (κ2) is 6.44. The number of nitrogen functional groups attached to an aromatic ring is 1. The van der Waals surface area contributed by atoms with Gasteiger partial charge in [-0.2, -0.15) is 0 Å². The fourth-order valence-electron chi connectivity index (χ4n) is 1.86. The van der Waals surface area contributed by atoms with Crippen LogP contribution in [0.5, 0.6) is 0 Å². The number of nitrogens with two attached hydrogens (primary N) is 1. The number of aromatic nitrogens is 3. The van der Waals surface area contributed by atoms with Gasteiger partial charge in [0.25, 0.3) is 0 Å². The zero-order chi connectivity index (χ0) is 13.7. The van der Waals surface area contributed by atoms with Crippen LogP contribution in [-0.4, -0.2) is 15.0 Å². The number of nitrogens with zero attached hydrogens (tertiary/aromatic N) is 3. The molecule has 2 heterocycles. The van der Waals surface area contributed by atoms with E-state index in [2.05, 4.69) is 39.5 Å². The molecule has 1 unspecified atom stereocenters. The first-order valence-electron chi connectivity index (χ1n) is 6.22. The van der Waals surface area contributed by atoms with E-state index in [4.69, 9.17) is 5.84 Å². The molecule has 6 nitrogen and oxygen atoms in total. The smallest absolute Gasteiger partial charge is 0.148 e. The molecule has 4 N–H and O–H groups in total. The van der Waals surface area contributed by atoms with Gasteiger partial charge in [-0.25, -0.2) is 20.8 Å². The van der Waals surface area contributed by atoms with Gasteiger partial charge in [-0.05, 0) is 13.3 Å². The minimum absolute atomic E-state index is 0.108. The van der Waals surface area contributed by atoms with Crippen molar-refractivity contribution in [2.75, 3.05) is 10.7 Å². The molecule has 2 aromatic heterocycles. The number of hydrazine groups is 1. The van der Waals surface area contributed by atoms with Crippen molar-refractivity contribution in [1.82, 2.24) is 15.0 Å². The maximum atomic E-state index is 5.50. The van der Waals surface area contributed by atoms with E-state index >= 15 is 0 Å². The molecule has 7 heteroatoms. The Hall–Kier alpha value is -1.73. The Kier molecular flexibility index (Phi) is 4.64. The van der Waals surface area contributed by atoms with E-state index in [0.717, 1.165) is 29.2 Å². The van der Waals surface area contributed by atoms with Crippen LogP contribution in [0.3, 0.4) is 0 Å². The third-order valence-electron chi connectivity index (χ3n) is 2.76. The summed E-state index contributed by atoms with van der Waals surface area (Å²) in [6.07, 6.45) is 5.18. The summed E-state index contributed by atoms with van der Waals surface area (Å²) < 4.78 is 0. The fourth-order valence-corrected chi connectivity index (χ4v) is 2.51. The number of nitrogens with one attached hydrogen (secondary N) is 2. The summed E-state index contributed by atoms with van der Waals surface area (Å²) in [5.41, 5.74) is 3.63. The lowest BCUT2D eigenvalue weighted by atomic mass is 10.1. The predicted octanol–water partition coefficient (Wildman–Crippen LogP) is 2.34. The minimum atomic E-state index is 0.108. The molecule has 0 amide bonds. The van der Waals surface area contributed by atoms with Gasteiger partial charge in [0.15, 0.2) is 0 Å². The van der Waals surface area contributed by atoms with Gasteiger partial charge >= 0.3 is 0 Å². The number of rotatable bonds is 6. The van der Waals surface area contributed by atoms with E-state index in [0.29, 0.717) is 5.82 Å². The predicted molar refractivity (Wildman–Crippen MR) is 78.0 cm³/mol. The van der Waals surface area contributed by atoms with Crippen molar-refractivity contribution >= 4 is 23.0 Å². The van der Waals surface area contributed by atoms with Gasteiger partial charge in [0, 0.05) is 17.1 Å². The number of hydrogen-bond acceptors (Lipinski definition) is 7. The van der Waals surface area contributed by atoms with Crippen LogP contribution in [0.2, 0.25) is 0 Å². The second-order valence-corrected chi connectivity index (χ2v) is 5.11. The van der Waals surface area contributed by atoms with Gasteiger partial charge in [-0.15, -0.1) is 11.3 Å².